The smallest absolute Gasteiger partial charge is 0.191 e. The van der Waals surface area contributed by atoms with E-state index in [0.717, 1.165) is 31.3 Å². The van der Waals surface area contributed by atoms with Crippen LogP contribution in [0.3, 0.4) is 0 Å². The molecule has 0 amide bonds. The van der Waals surface area contributed by atoms with Crippen LogP contribution in [0.5, 0.6) is 0 Å². The standard InChI is InChI=1S/C17H29N5.HI/c1-3-18-17(20-10-13-22-11-5-4-6-12-22)21-14-16-15(2)8-7-9-19-16;/h7-9H,3-6,10-14H2,1-2H3,(H2,18,20,21);1H. The predicted molar refractivity (Wildman–Crippen MR) is 107 cm³/mol. The van der Waals surface area contributed by atoms with Crippen molar-refractivity contribution in [3.63, 3.8) is 0 Å². The molecule has 2 N–H and O–H groups in total. The van der Waals surface area contributed by atoms with Gasteiger partial charge in [-0.25, -0.2) is 4.99 Å². The Hall–Kier alpha value is -0.890. The lowest BCUT2D eigenvalue weighted by molar-refractivity contribution is 0.232. The maximum atomic E-state index is 4.64. The highest BCUT2D eigenvalue weighted by Gasteiger charge is 2.09. The van der Waals surface area contributed by atoms with E-state index in [0.29, 0.717) is 6.54 Å². The van der Waals surface area contributed by atoms with E-state index >= 15 is 0 Å². The minimum absolute atomic E-state index is 0. The number of aliphatic imine (C=N–C) groups is 1. The van der Waals surface area contributed by atoms with Crippen LogP contribution in [0, 0.1) is 6.92 Å². The van der Waals surface area contributed by atoms with Gasteiger partial charge in [0.25, 0.3) is 0 Å². The number of aromatic nitrogens is 1. The molecule has 1 aliphatic heterocycles. The van der Waals surface area contributed by atoms with Crippen molar-refractivity contribution in [3.8, 4) is 0 Å². The maximum absolute atomic E-state index is 4.64. The number of hydrogen-bond donors (Lipinski definition) is 2. The summed E-state index contributed by atoms with van der Waals surface area (Å²) in [6.07, 6.45) is 5.90. The second-order valence-electron chi connectivity index (χ2n) is 5.79. The highest BCUT2D eigenvalue weighted by molar-refractivity contribution is 14.0. The quantitative estimate of drug-likeness (QED) is 0.413. The molecule has 0 aliphatic carbocycles. The molecule has 0 spiro atoms. The number of guanidine groups is 1. The van der Waals surface area contributed by atoms with Crippen LogP contribution in [-0.2, 0) is 6.54 Å². The zero-order valence-electron chi connectivity index (χ0n) is 14.3. The number of likely N-dealkylation sites (tertiary alicyclic amines) is 1. The third-order valence-electron chi connectivity index (χ3n) is 4.02. The van der Waals surface area contributed by atoms with Gasteiger partial charge in [-0.2, -0.15) is 0 Å². The zero-order valence-corrected chi connectivity index (χ0v) is 16.7. The monoisotopic (exact) mass is 431 g/mol. The Bertz CT molecular complexity index is 472. The van der Waals surface area contributed by atoms with Crippen molar-refractivity contribution in [1.29, 1.82) is 0 Å². The fourth-order valence-electron chi connectivity index (χ4n) is 2.70. The van der Waals surface area contributed by atoms with Crippen molar-refractivity contribution >= 4 is 29.9 Å². The second kappa shape index (κ2) is 11.6. The number of pyridine rings is 1. The first kappa shape index (κ1) is 20.2. The molecule has 2 rings (SSSR count). The molecule has 0 bridgehead atoms. The Kier molecular flexibility index (Phi) is 10.2. The first-order valence-electron chi connectivity index (χ1n) is 8.44. The lowest BCUT2D eigenvalue weighted by atomic mass is 10.1. The Balaban J connectivity index is 0.00000264. The largest absolute Gasteiger partial charge is 0.357 e. The molecule has 23 heavy (non-hydrogen) atoms. The van der Waals surface area contributed by atoms with Gasteiger partial charge in [-0.1, -0.05) is 12.5 Å². The van der Waals surface area contributed by atoms with Gasteiger partial charge in [0, 0.05) is 25.8 Å². The van der Waals surface area contributed by atoms with Crippen LogP contribution in [0.25, 0.3) is 0 Å². The summed E-state index contributed by atoms with van der Waals surface area (Å²) in [5, 5.41) is 6.73. The van der Waals surface area contributed by atoms with Gasteiger partial charge in [0.15, 0.2) is 5.96 Å². The van der Waals surface area contributed by atoms with Crippen molar-refractivity contribution < 1.29 is 0 Å². The molecule has 5 nitrogen and oxygen atoms in total. The molecule has 1 saturated heterocycles. The fourth-order valence-corrected chi connectivity index (χ4v) is 2.70. The summed E-state index contributed by atoms with van der Waals surface area (Å²) in [6, 6.07) is 4.04. The number of nitrogens with one attached hydrogen (secondary N) is 2. The first-order chi connectivity index (χ1) is 10.8. The molecule has 0 radical (unpaired) electrons. The molecule has 1 aliphatic rings. The summed E-state index contributed by atoms with van der Waals surface area (Å²) in [5.41, 5.74) is 2.23. The topological polar surface area (TPSA) is 52.6 Å². The van der Waals surface area contributed by atoms with Gasteiger partial charge >= 0.3 is 0 Å². The van der Waals surface area contributed by atoms with Gasteiger partial charge in [-0.05, 0) is 51.4 Å². The van der Waals surface area contributed by atoms with Crippen LogP contribution in [0.2, 0.25) is 0 Å². The van der Waals surface area contributed by atoms with Crippen LogP contribution >= 0.6 is 24.0 Å². The summed E-state index contributed by atoms with van der Waals surface area (Å²) < 4.78 is 0. The Labute approximate surface area is 157 Å². The van der Waals surface area contributed by atoms with Crippen LogP contribution in [0.15, 0.2) is 23.3 Å². The van der Waals surface area contributed by atoms with E-state index in [4.69, 9.17) is 0 Å². The number of nitrogens with zero attached hydrogens (tertiary/aromatic N) is 3. The summed E-state index contributed by atoms with van der Waals surface area (Å²) in [7, 11) is 0. The van der Waals surface area contributed by atoms with Gasteiger partial charge in [-0.3, -0.25) is 4.98 Å². The lowest BCUT2D eigenvalue weighted by Crippen LogP contribution is -2.42. The average molecular weight is 431 g/mol. The van der Waals surface area contributed by atoms with Crippen LogP contribution < -0.4 is 10.6 Å². The Morgan fingerprint density at radius 3 is 2.74 bits per heavy atom. The molecule has 1 aromatic heterocycles. The molecule has 1 aromatic rings. The molecular weight excluding hydrogens is 401 g/mol. The SMILES string of the molecule is CCNC(=NCc1ncccc1C)NCCN1CCCCC1.I. The van der Waals surface area contributed by atoms with Crippen LogP contribution in [-0.4, -0.2) is 48.6 Å². The van der Waals surface area contributed by atoms with E-state index in [9.17, 15) is 0 Å². The zero-order chi connectivity index (χ0) is 15.6. The van der Waals surface area contributed by atoms with Crippen molar-refractivity contribution in [3.05, 3.63) is 29.6 Å². The maximum Gasteiger partial charge on any atom is 0.191 e. The van der Waals surface area contributed by atoms with E-state index in [1.54, 1.807) is 0 Å². The minimum atomic E-state index is 0. The van der Waals surface area contributed by atoms with Gasteiger partial charge < -0.3 is 15.5 Å². The fraction of sp³-hybridized carbons (Fsp3) is 0.647. The number of aryl methyl sites for hydroxylation is 1. The molecular formula is C17H30IN5. The van der Waals surface area contributed by atoms with Crippen LogP contribution in [0.1, 0.15) is 37.4 Å². The Morgan fingerprint density at radius 2 is 2.04 bits per heavy atom. The second-order valence-corrected chi connectivity index (χ2v) is 5.79. The van der Waals surface area contributed by atoms with Crippen LogP contribution in [0.4, 0.5) is 0 Å². The van der Waals surface area contributed by atoms with Crippen molar-refractivity contribution in [2.75, 3.05) is 32.7 Å². The lowest BCUT2D eigenvalue weighted by Gasteiger charge is -2.26. The van der Waals surface area contributed by atoms with Crippen molar-refractivity contribution in [2.24, 2.45) is 4.99 Å². The van der Waals surface area contributed by atoms with E-state index in [1.807, 2.05) is 12.3 Å². The number of rotatable bonds is 6. The molecule has 0 aromatic carbocycles. The summed E-state index contributed by atoms with van der Waals surface area (Å²) >= 11 is 0. The highest BCUT2D eigenvalue weighted by atomic mass is 127. The van der Waals surface area contributed by atoms with Gasteiger partial charge in [-0.15, -0.1) is 24.0 Å². The first-order valence-corrected chi connectivity index (χ1v) is 8.44. The molecule has 130 valence electrons. The van der Waals surface area contributed by atoms with Gasteiger partial charge in [0.05, 0.1) is 12.2 Å². The average Bonchev–Trinajstić information content (AvgIpc) is 2.55. The summed E-state index contributed by atoms with van der Waals surface area (Å²) in [4.78, 5) is 11.6. The minimum Gasteiger partial charge on any atom is -0.357 e. The molecule has 0 saturated carbocycles. The van der Waals surface area contributed by atoms with E-state index in [-0.39, 0.29) is 24.0 Å². The van der Waals surface area contributed by atoms with Crippen molar-refractivity contribution in [2.45, 2.75) is 39.7 Å². The number of hydrogen-bond acceptors (Lipinski definition) is 3. The molecule has 2 heterocycles. The summed E-state index contributed by atoms with van der Waals surface area (Å²) in [5.74, 6) is 0.879. The van der Waals surface area contributed by atoms with Crippen molar-refractivity contribution in [1.82, 2.24) is 20.5 Å². The summed E-state index contributed by atoms with van der Waals surface area (Å²) in [6.45, 7) is 10.2. The number of halogens is 1. The molecule has 0 atom stereocenters. The molecule has 6 heteroatoms. The van der Waals surface area contributed by atoms with E-state index in [2.05, 4.69) is 45.4 Å². The Morgan fingerprint density at radius 1 is 1.26 bits per heavy atom. The third kappa shape index (κ3) is 7.48. The normalized spacial score (nSPS) is 15.8. The van der Waals surface area contributed by atoms with Gasteiger partial charge in [0.1, 0.15) is 0 Å². The third-order valence-corrected chi connectivity index (χ3v) is 4.02. The van der Waals surface area contributed by atoms with E-state index in [1.165, 1.54) is 37.9 Å². The predicted octanol–water partition coefficient (Wildman–Crippen LogP) is 2.55. The van der Waals surface area contributed by atoms with E-state index < -0.39 is 0 Å². The number of piperidine rings is 1. The molecule has 1 fully saturated rings. The highest BCUT2D eigenvalue weighted by Crippen LogP contribution is 2.07. The molecule has 0 unspecified atom stereocenters. The van der Waals surface area contributed by atoms with Gasteiger partial charge in [0.2, 0.25) is 0 Å².